The van der Waals surface area contributed by atoms with Crippen LogP contribution >= 0.6 is 0 Å². The second-order valence-electron chi connectivity index (χ2n) is 6.67. The Morgan fingerprint density at radius 2 is 1.52 bits per heavy atom. The molecule has 0 atom stereocenters. The van der Waals surface area contributed by atoms with Gasteiger partial charge >= 0.3 is 0 Å². The van der Waals surface area contributed by atoms with Gasteiger partial charge in [-0.1, -0.05) is 49.7 Å². The number of nitrogens with zero attached hydrogens (tertiary/aromatic N) is 1. The highest BCUT2D eigenvalue weighted by molar-refractivity contribution is 5.91. The van der Waals surface area contributed by atoms with Gasteiger partial charge in [-0.05, 0) is 41.3 Å². The number of rotatable bonds is 5. The highest BCUT2D eigenvalue weighted by Crippen LogP contribution is 2.39. The van der Waals surface area contributed by atoms with Gasteiger partial charge in [0.25, 0.3) is 0 Å². The van der Waals surface area contributed by atoms with Crippen molar-refractivity contribution in [2.45, 2.75) is 19.8 Å². The molecule has 1 aromatic carbocycles. The molecule has 0 aliphatic heterocycles. The SMILES string of the molecule is CCCc1cc(-c2ccc3cc(OC)c(OC)cc3n2)c2cccccc1-2. The van der Waals surface area contributed by atoms with Gasteiger partial charge in [-0.15, -0.1) is 0 Å². The van der Waals surface area contributed by atoms with E-state index in [9.17, 15) is 0 Å². The lowest BCUT2D eigenvalue weighted by atomic mass is 10.0. The van der Waals surface area contributed by atoms with Crippen molar-refractivity contribution in [2.75, 3.05) is 14.2 Å². The molecule has 0 saturated heterocycles. The second-order valence-corrected chi connectivity index (χ2v) is 6.67. The van der Waals surface area contributed by atoms with Crippen LogP contribution in [0.1, 0.15) is 18.9 Å². The van der Waals surface area contributed by atoms with E-state index in [2.05, 4.69) is 55.5 Å². The van der Waals surface area contributed by atoms with Gasteiger partial charge in [0.1, 0.15) is 0 Å². The minimum Gasteiger partial charge on any atom is -0.493 e. The quantitative estimate of drug-likeness (QED) is 0.440. The van der Waals surface area contributed by atoms with E-state index < -0.39 is 0 Å². The molecular formula is C24H23NO2. The maximum Gasteiger partial charge on any atom is 0.162 e. The molecule has 2 aliphatic rings. The molecule has 0 N–H and O–H groups in total. The summed E-state index contributed by atoms with van der Waals surface area (Å²) in [6, 6.07) is 21.1. The Bertz CT molecular complexity index is 1070. The molecule has 0 unspecified atom stereocenters. The average Bonchev–Trinajstić information content (AvgIpc) is 2.87. The van der Waals surface area contributed by atoms with Crippen molar-refractivity contribution in [2.24, 2.45) is 0 Å². The summed E-state index contributed by atoms with van der Waals surface area (Å²) in [5.74, 6) is 1.41. The molecule has 0 fully saturated rings. The number of hydrogen-bond acceptors (Lipinski definition) is 3. The fourth-order valence-corrected chi connectivity index (χ4v) is 3.68. The molecule has 3 nitrogen and oxygen atoms in total. The van der Waals surface area contributed by atoms with E-state index in [1.165, 1.54) is 22.3 Å². The van der Waals surface area contributed by atoms with Crippen LogP contribution in [0.4, 0.5) is 0 Å². The number of methoxy groups -OCH3 is 2. The molecule has 0 radical (unpaired) electrons. The van der Waals surface area contributed by atoms with Crippen molar-refractivity contribution >= 4 is 10.9 Å². The minimum absolute atomic E-state index is 0.695. The summed E-state index contributed by atoms with van der Waals surface area (Å²) in [7, 11) is 3.30. The molecule has 0 amide bonds. The van der Waals surface area contributed by atoms with E-state index in [1.54, 1.807) is 14.2 Å². The van der Waals surface area contributed by atoms with Gasteiger partial charge < -0.3 is 9.47 Å². The molecule has 27 heavy (non-hydrogen) atoms. The highest BCUT2D eigenvalue weighted by Gasteiger charge is 2.17. The molecule has 4 rings (SSSR count). The van der Waals surface area contributed by atoms with Crippen molar-refractivity contribution < 1.29 is 9.47 Å². The van der Waals surface area contributed by atoms with Crippen molar-refractivity contribution in [1.82, 2.24) is 4.98 Å². The van der Waals surface area contributed by atoms with E-state index in [4.69, 9.17) is 14.5 Å². The molecule has 3 heteroatoms. The first-order chi connectivity index (χ1) is 13.2. The van der Waals surface area contributed by atoms with Gasteiger partial charge in [-0.25, -0.2) is 4.98 Å². The summed E-state index contributed by atoms with van der Waals surface area (Å²) in [6.07, 6.45) is 2.19. The van der Waals surface area contributed by atoms with Gasteiger partial charge in [0, 0.05) is 17.0 Å². The lowest BCUT2D eigenvalue weighted by Crippen LogP contribution is -1.92. The van der Waals surface area contributed by atoms with E-state index in [0.29, 0.717) is 5.75 Å². The normalized spacial score (nSPS) is 11.1. The Balaban J connectivity index is 1.90. The van der Waals surface area contributed by atoms with Crippen molar-refractivity contribution in [1.29, 1.82) is 0 Å². The van der Waals surface area contributed by atoms with Crippen molar-refractivity contribution in [3.63, 3.8) is 0 Å². The average molecular weight is 357 g/mol. The fourth-order valence-electron chi connectivity index (χ4n) is 3.68. The topological polar surface area (TPSA) is 31.4 Å². The number of aromatic nitrogens is 1. The molecule has 0 bridgehead atoms. The van der Waals surface area contributed by atoms with E-state index in [0.717, 1.165) is 35.2 Å². The van der Waals surface area contributed by atoms with Crippen LogP contribution in [0.15, 0.2) is 60.7 Å². The molecule has 1 aromatic heterocycles. The van der Waals surface area contributed by atoms with Crippen molar-refractivity contribution in [3.05, 3.63) is 66.2 Å². The van der Waals surface area contributed by atoms with Gasteiger partial charge in [0.2, 0.25) is 0 Å². The van der Waals surface area contributed by atoms with Crippen LogP contribution in [0.2, 0.25) is 0 Å². The standard InChI is InChI=1S/C24H23NO2/c1-4-8-16-13-20(19-10-7-5-6-9-18(16)19)21-12-11-17-14-23(26-2)24(27-3)15-22(17)25-21/h5-7,9-15H,4,8H2,1-3H3. The zero-order valence-corrected chi connectivity index (χ0v) is 16.0. The van der Waals surface area contributed by atoms with Crippen molar-refractivity contribution in [3.8, 4) is 33.9 Å². The van der Waals surface area contributed by atoms with Crippen LogP contribution in [0.3, 0.4) is 0 Å². The van der Waals surface area contributed by atoms with Gasteiger partial charge in [-0.3, -0.25) is 0 Å². The van der Waals surface area contributed by atoms with E-state index in [-0.39, 0.29) is 0 Å². The first-order valence-electron chi connectivity index (χ1n) is 9.29. The van der Waals surface area contributed by atoms with Gasteiger partial charge in [-0.2, -0.15) is 0 Å². The molecule has 1 heterocycles. The minimum atomic E-state index is 0.695. The number of pyridine rings is 1. The summed E-state index contributed by atoms with van der Waals surface area (Å²) in [6.45, 7) is 2.22. The Labute approximate surface area is 159 Å². The first kappa shape index (κ1) is 17.3. The summed E-state index contributed by atoms with van der Waals surface area (Å²) in [4.78, 5) is 4.94. The summed E-state index contributed by atoms with van der Waals surface area (Å²) >= 11 is 0. The Morgan fingerprint density at radius 1 is 0.778 bits per heavy atom. The molecular weight excluding hydrogens is 334 g/mol. The van der Waals surface area contributed by atoms with Crippen LogP contribution in [-0.4, -0.2) is 19.2 Å². The number of ether oxygens (including phenoxy) is 2. The monoisotopic (exact) mass is 357 g/mol. The van der Waals surface area contributed by atoms with Crippen LogP contribution in [0, 0.1) is 0 Å². The van der Waals surface area contributed by atoms with E-state index >= 15 is 0 Å². The first-order valence-corrected chi connectivity index (χ1v) is 9.29. The fraction of sp³-hybridized carbons (Fsp3) is 0.208. The number of aryl methyl sites for hydroxylation is 1. The molecule has 2 aliphatic carbocycles. The predicted octanol–water partition coefficient (Wildman–Crippen LogP) is 5.98. The summed E-state index contributed by atoms with van der Waals surface area (Å²) in [5, 5.41) is 1.03. The molecule has 2 aromatic rings. The second kappa shape index (κ2) is 7.28. The lowest BCUT2D eigenvalue weighted by molar-refractivity contribution is 0.356. The highest BCUT2D eigenvalue weighted by atomic mass is 16.5. The van der Waals surface area contributed by atoms with Gasteiger partial charge in [0.05, 0.1) is 25.4 Å². The molecule has 136 valence electrons. The largest absolute Gasteiger partial charge is 0.493 e. The molecule has 0 spiro atoms. The number of fused-ring (bicyclic) bond motifs is 2. The third kappa shape index (κ3) is 3.10. The van der Waals surface area contributed by atoms with Gasteiger partial charge in [0.15, 0.2) is 11.5 Å². The Morgan fingerprint density at radius 3 is 2.26 bits per heavy atom. The van der Waals surface area contributed by atoms with Crippen LogP contribution in [0.25, 0.3) is 33.3 Å². The maximum atomic E-state index is 5.44. The summed E-state index contributed by atoms with van der Waals surface area (Å²) in [5.41, 5.74) is 7.00. The maximum absolute atomic E-state index is 5.44. The third-order valence-corrected chi connectivity index (χ3v) is 4.98. The lowest BCUT2D eigenvalue weighted by Gasteiger charge is -2.10. The Hall–Kier alpha value is -3.07. The zero-order chi connectivity index (χ0) is 18.8. The predicted molar refractivity (Wildman–Crippen MR) is 111 cm³/mol. The van der Waals surface area contributed by atoms with Crippen LogP contribution in [0.5, 0.6) is 11.5 Å². The summed E-state index contributed by atoms with van der Waals surface area (Å²) < 4.78 is 10.8. The van der Waals surface area contributed by atoms with E-state index in [1.807, 2.05) is 12.1 Å². The Kier molecular flexibility index (Phi) is 4.68. The van der Waals surface area contributed by atoms with Crippen LogP contribution in [-0.2, 0) is 6.42 Å². The molecule has 0 saturated carbocycles. The number of benzene rings is 1. The van der Waals surface area contributed by atoms with Crippen LogP contribution < -0.4 is 9.47 Å². The smallest absolute Gasteiger partial charge is 0.162 e. The third-order valence-electron chi connectivity index (χ3n) is 4.98. The zero-order valence-electron chi connectivity index (χ0n) is 16.0. The number of hydrogen-bond donors (Lipinski definition) is 0.